The minimum atomic E-state index is -0.220. The number of hydrogen-bond acceptors (Lipinski definition) is 3. The second-order valence-corrected chi connectivity index (χ2v) is 1.92. The molecule has 0 heterocycles. The van der Waals surface area contributed by atoms with Gasteiger partial charge in [0, 0.05) is 13.5 Å². The van der Waals surface area contributed by atoms with Crippen LogP contribution in [0.15, 0.2) is 0 Å². The summed E-state index contributed by atoms with van der Waals surface area (Å²) in [5, 5.41) is 0. The Balaban J connectivity index is 3.03. The van der Waals surface area contributed by atoms with Gasteiger partial charge in [-0.25, -0.2) is 0 Å². The molecule has 0 atom stereocenters. The van der Waals surface area contributed by atoms with Crippen LogP contribution in [0.3, 0.4) is 0 Å². The Morgan fingerprint density at radius 1 is 1.45 bits per heavy atom. The first-order chi connectivity index (χ1) is 5.31. The first-order valence-corrected chi connectivity index (χ1v) is 3.37. The standard InChI is InChI=1S/C8H12O3/c1-3-8(9)4-5-11-7-6-10-2/h1H,4-7H2,2H3. The number of terminal acetylenes is 1. The van der Waals surface area contributed by atoms with E-state index in [9.17, 15) is 4.79 Å². The summed E-state index contributed by atoms with van der Waals surface area (Å²) in [6.45, 7) is 1.44. The van der Waals surface area contributed by atoms with Crippen molar-refractivity contribution in [3.63, 3.8) is 0 Å². The van der Waals surface area contributed by atoms with Crippen molar-refractivity contribution >= 4 is 5.78 Å². The van der Waals surface area contributed by atoms with Crippen molar-refractivity contribution in [3.05, 3.63) is 0 Å². The van der Waals surface area contributed by atoms with Crippen LogP contribution in [-0.2, 0) is 14.3 Å². The zero-order valence-corrected chi connectivity index (χ0v) is 6.63. The van der Waals surface area contributed by atoms with Crippen LogP contribution in [0.25, 0.3) is 0 Å². The minimum Gasteiger partial charge on any atom is -0.382 e. The van der Waals surface area contributed by atoms with Crippen molar-refractivity contribution in [2.45, 2.75) is 6.42 Å². The normalized spacial score (nSPS) is 9.09. The average molecular weight is 156 g/mol. The Morgan fingerprint density at radius 2 is 2.18 bits per heavy atom. The molecule has 0 N–H and O–H groups in total. The Kier molecular flexibility index (Phi) is 6.70. The third-order valence-electron chi connectivity index (χ3n) is 1.07. The fourth-order valence-electron chi connectivity index (χ4n) is 0.481. The predicted octanol–water partition coefficient (Wildman–Crippen LogP) is 0.242. The van der Waals surface area contributed by atoms with Crippen molar-refractivity contribution < 1.29 is 14.3 Å². The van der Waals surface area contributed by atoms with Gasteiger partial charge in [-0.15, -0.1) is 6.42 Å². The van der Waals surface area contributed by atoms with Gasteiger partial charge in [-0.05, 0) is 5.92 Å². The summed E-state index contributed by atoms with van der Waals surface area (Å²) in [4.78, 5) is 10.5. The molecule has 0 spiro atoms. The number of Topliss-reactive ketones (excluding diaryl/α,β-unsaturated/α-hetero) is 1. The van der Waals surface area contributed by atoms with E-state index < -0.39 is 0 Å². The van der Waals surface area contributed by atoms with Crippen molar-refractivity contribution in [2.24, 2.45) is 0 Å². The first kappa shape index (κ1) is 10.2. The summed E-state index contributed by atoms with van der Waals surface area (Å²) < 4.78 is 9.73. The molecule has 0 saturated carbocycles. The number of ether oxygens (including phenoxy) is 2. The first-order valence-electron chi connectivity index (χ1n) is 3.37. The fourth-order valence-corrected chi connectivity index (χ4v) is 0.481. The molecule has 0 radical (unpaired) electrons. The monoisotopic (exact) mass is 156 g/mol. The van der Waals surface area contributed by atoms with E-state index in [1.54, 1.807) is 7.11 Å². The highest BCUT2D eigenvalue weighted by Crippen LogP contribution is 1.83. The van der Waals surface area contributed by atoms with Crippen LogP contribution in [0.2, 0.25) is 0 Å². The highest BCUT2D eigenvalue weighted by molar-refractivity contribution is 5.94. The van der Waals surface area contributed by atoms with E-state index in [-0.39, 0.29) is 5.78 Å². The number of hydrogen-bond donors (Lipinski definition) is 0. The lowest BCUT2D eigenvalue weighted by Gasteiger charge is -1.99. The van der Waals surface area contributed by atoms with Crippen LogP contribution < -0.4 is 0 Å². The Bertz CT molecular complexity index is 146. The SMILES string of the molecule is C#CC(=O)CCOCCOC. The molecule has 0 aliphatic heterocycles. The van der Waals surface area contributed by atoms with Gasteiger partial charge in [0.1, 0.15) is 0 Å². The number of ketones is 1. The summed E-state index contributed by atoms with van der Waals surface area (Å²) in [5.41, 5.74) is 0. The summed E-state index contributed by atoms with van der Waals surface area (Å²) >= 11 is 0. The van der Waals surface area contributed by atoms with Gasteiger partial charge in [-0.2, -0.15) is 0 Å². The average Bonchev–Trinajstić information content (AvgIpc) is 2.04. The summed E-state index contributed by atoms with van der Waals surface area (Å²) in [6, 6.07) is 0. The number of carbonyl (C=O) groups excluding carboxylic acids is 1. The zero-order chi connectivity index (χ0) is 8.53. The molecule has 0 aliphatic rings. The van der Waals surface area contributed by atoms with Crippen molar-refractivity contribution in [3.8, 4) is 12.3 Å². The molecule has 0 bridgehead atoms. The molecule has 62 valence electrons. The van der Waals surface area contributed by atoms with E-state index in [4.69, 9.17) is 15.9 Å². The topological polar surface area (TPSA) is 35.5 Å². The van der Waals surface area contributed by atoms with Crippen LogP contribution in [0.4, 0.5) is 0 Å². The van der Waals surface area contributed by atoms with Gasteiger partial charge >= 0.3 is 0 Å². The van der Waals surface area contributed by atoms with E-state index >= 15 is 0 Å². The van der Waals surface area contributed by atoms with Gasteiger partial charge in [0.2, 0.25) is 5.78 Å². The van der Waals surface area contributed by atoms with Gasteiger partial charge in [-0.3, -0.25) is 4.79 Å². The molecular weight excluding hydrogens is 144 g/mol. The quantitative estimate of drug-likeness (QED) is 0.314. The lowest BCUT2D eigenvalue weighted by molar-refractivity contribution is -0.114. The maximum Gasteiger partial charge on any atom is 0.207 e. The third kappa shape index (κ3) is 7.04. The highest BCUT2D eigenvalue weighted by atomic mass is 16.5. The summed E-state index contributed by atoms with van der Waals surface area (Å²) in [6.07, 6.45) is 5.13. The number of rotatable bonds is 6. The van der Waals surface area contributed by atoms with E-state index in [1.165, 1.54) is 0 Å². The van der Waals surface area contributed by atoms with Crippen LogP contribution in [0, 0.1) is 12.3 Å². The maximum absolute atomic E-state index is 10.5. The van der Waals surface area contributed by atoms with Gasteiger partial charge in [-0.1, -0.05) is 0 Å². The predicted molar refractivity (Wildman–Crippen MR) is 41.2 cm³/mol. The van der Waals surface area contributed by atoms with Crippen LogP contribution >= 0.6 is 0 Å². The molecule has 0 fully saturated rings. The molecule has 0 aromatic heterocycles. The van der Waals surface area contributed by atoms with Gasteiger partial charge < -0.3 is 9.47 Å². The molecule has 3 heteroatoms. The molecular formula is C8H12O3. The Hall–Kier alpha value is -0.850. The number of methoxy groups -OCH3 is 1. The van der Waals surface area contributed by atoms with E-state index in [1.807, 2.05) is 5.92 Å². The molecule has 0 aromatic carbocycles. The third-order valence-corrected chi connectivity index (χ3v) is 1.07. The molecule has 11 heavy (non-hydrogen) atoms. The molecule has 0 rings (SSSR count). The maximum atomic E-state index is 10.5. The highest BCUT2D eigenvalue weighted by Gasteiger charge is 1.94. The fraction of sp³-hybridized carbons (Fsp3) is 0.625. The molecule has 0 aliphatic carbocycles. The largest absolute Gasteiger partial charge is 0.382 e. The smallest absolute Gasteiger partial charge is 0.207 e. The summed E-state index contributed by atoms with van der Waals surface area (Å²) in [5.74, 6) is 1.79. The molecule has 0 saturated heterocycles. The minimum absolute atomic E-state index is 0.220. The van der Waals surface area contributed by atoms with Crippen LogP contribution in [-0.4, -0.2) is 32.7 Å². The van der Waals surface area contributed by atoms with Crippen molar-refractivity contribution in [1.29, 1.82) is 0 Å². The van der Waals surface area contributed by atoms with Gasteiger partial charge in [0.25, 0.3) is 0 Å². The van der Waals surface area contributed by atoms with Crippen LogP contribution in [0.1, 0.15) is 6.42 Å². The lowest BCUT2D eigenvalue weighted by atomic mass is 10.3. The lowest BCUT2D eigenvalue weighted by Crippen LogP contribution is -2.06. The molecule has 3 nitrogen and oxygen atoms in total. The molecule has 0 amide bonds. The van der Waals surface area contributed by atoms with Crippen LogP contribution in [0.5, 0.6) is 0 Å². The van der Waals surface area contributed by atoms with Crippen molar-refractivity contribution in [1.82, 2.24) is 0 Å². The molecule has 0 aromatic rings. The van der Waals surface area contributed by atoms with Gasteiger partial charge in [0.05, 0.1) is 19.8 Å². The van der Waals surface area contributed by atoms with Gasteiger partial charge in [0.15, 0.2) is 0 Å². The van der Waals surface area contributed by atoms with E-state index in [0.29, 0.717) is 26.2 Å². The van der Waals surface area contributed by atoms with E-state index in [0.717, 1.165) is 0 Å². The second-order valence-electron chi connectivity index (χ2n) is 1.92. The zero-order valence-electron chi connectivity index (χ0n) is 6.63. The summed E-state index contributed by atoms with van der Waals surface area (Å²) in [7, 11) is 1.59. The van der Waals surface area contributed by atoms with Crippen molar-refractivity contribution in [2.75, 3.05) is 26.9 Å². The number of carbonyl (C=O) groups is 1. The Labute approximate surface area is 66.7 Å². The second kappa shape index (κ2) is 7.26. The van der Waals surface area contributed by atoms with E-state index in [2.05, 4.69) is 0 Å². The Morgan fingerprint density at radius 3 is 2.73 bits per heavy atom. The molecule has 0 unspecified atom stereocenters.